The van der Waals surface area contributed by atoms with Gasteiger partial charge < -0.3 is 16.0 Å². The van der Waals surface area contributed by atoms with Crippen molar-refractivity contribution in [2.45, 2.75) is 31.8 Å². The van der Waals surface area contributed by atoms with Crippen LogP contribution in [0.1, 0.15) is 30.5 Å². The van der Waals surface area contributed by atoms with Crippen LogP contribution in [-0.2, 0) is 16.0 Å². The number of hydrogen-bond donors (Lipinski definition) is 2. The number of nitrogens with one attached hydrogen (secondary N) is 1. The molecule has 3 N–H and O–H groups in total. The lowest BCUT2D eigenvalue weighted by atomic mass is 9.81. The van der Waals surface area contributed by atoms with Gasteiger partial charge in [-0.05, 0) is 36.1 Å². The number of likely N-dealkylation sites (tertiary alicyclic amines) is 1. The Morgan fingerprint density at radius 2 is 2.03 bits per heavy atom. The number of pyridine rings is 1. The van der Waals surface area contributed by atoms with Gasteiger partial charge in [0, 0.05) is 13.2 Å². The van der Waals surface area contributed by atoms with Crippen LogP contribution in [0, 0.1) is 5.92 Å². The van der Waals surface area contributed by atoms with E-state index in [0.717, 1.165) is 16.0 Å². The van der Waals surface area contributed by atoms with Gasteiger partial charge in [0.25, 0.3) is 5.91 Å². The predicted octanol–water partition coefficient (Wildman–Crippen LogP) is 3.01. The maximum absolute atomic E-state index is 13.5. The summed E-state index contributed by atoms with van der Waals surface area (Å²) in [5, 5.41) is 3.55. The second kappa shape index (κ2) is 10.0. The molecule has 176 valence electrons. The largest absolute Gasteiger partial charge is 0.384 e. The van der Waals surface area contributed by atoms with Crippen molar-refractivity contribution >= 4 is 40.0 Å². The number of nitrogen functional groups attached to an aromatic ring is 1. The Morgan fingerprint density at radius 1 is 1.26 bits per heavy atom. The van der Waals surface area contributed by atoms with Gasteiger partial charge in [-0.25, -0.2) is 9.78 Å². The smallest absolute Gasteiger partial charge is 0.325 e. The summed E-state index contributed by atoms with van der Waals surface area (Å²) in [5.41, 5.74) is 9.12. The van der Waals surface area contributed by atoms with E-state index < -0.39 is 23.9 Å². The summed E-state index contributed by atoms with van der Waals surface area (Å²) in [6.45, 7) is 1.95. The molecule has 0 bridgehead atoms. The number of carbonyl (C=O) groups excluding carboxylic acids is 3. The molecule has 0 saturated carbocycles. The number of likely N-dealkylation sites (N-methyl/N-ethyl adjacent to an activating group) is 1. The van der Waals surface area contributed by atoms with E-state index in [1.807, 2.05) is 37.3 Å². The molecule has 4 rings (SSSR count). The van der Waals surface area contributed by atoms with E-state index in [0.29, 0.717) is 17.2 Å². The van der Waals surface area contributed by atoms with Gasteiger partial charge in [-0.2, -0.15) is 0 Å². The molecule has 1 aliphatic rings. The first-order valence-corrected chi connectivity index (χ1v) is 11.8. The fourth-order valence-electron chi connectivity index (χ4n) is 4.14. The summed E-state index contributed by atoms with van der Waals surface area (Å²) in [6, 6.07) is 11.2. The number of β-lactam (4-membered cyclic amide) rings is 1. The van der Waals surface area contributed by atoms with E-state index in [-0.39, 0.29) is 18.4 Å². The number of anilines is 2. The molecule has 1 unspecified atom stereocenters. The van der Waals surface area contributed by atoms with E-state index in [4.69, 9.17) is 5.73 Å². The Hall–Kier alpha value is -3.79. The van der Waals surface area contributed by atoms with E-state index in [9.17, 15) is 14.4 Å². The Kier molecular flexibility index (Phi) is 6.87. The molecular weight excluding hydrogens is 452 g/mol. The molecule has 1 saturated heterocycles. The van der Waals surface area contributed by atoms with Crippen LogP contribution in [0.15, 0.2) is 60.4 Å². The molecule has 0 radical (unpaired) electrons. The number of imide groups is 1. The molecule has 34 heavy (non-hydrogen) atoms. The van der Waals surface area contributed by atoms with E-state index in [1.165, 1.54) is 16.2 Å². The van der Waals surface area contributed by atoms with E-state index in [2.05, 4.69) is 15.3 Å². The quantitative estimate of drug-likeness (QED) is 0.504. The molecule has 3 heterocycles. The topological polar surface area (TPSA) is 122 Å². The molecule has 3 aromatic rings. The number of nitrogens with two attached hydrogens (primary N) is 1. The number of amides is 4. The first-order chi connectivity index (χ1) is 16.4. The average Bonchev–Trinajstić information content (AvgIpc) is 3.39. The van der Waals surface area contributed by atoms with Crippen molar-refractivity contribution in [2.75, 3.05) is 17.7 Å². The van der Waals surface area contributed by atoms with Crippen molar-refractivity contribution in [1.82, 2.24) is 20.2 Å². The highest BCUT2D eigenvalue weighted by molar-refractivity contribution is 7.14. The van der Waals surface area contributed by atoms with Crippen molar-refractivity contribution in [3.63, 3.8) is 0 Å². The maximum Gasteiger partial charge on any atom is 0.325 e. The molecule has 3 atom stereocenters. The maximum atomic E-state index is 13.5. The van der Waals surface area contributed by atoms with Gasteiger partial charge in [0.15, 0.2) is 0 Å². The van der Waals surface area contributed by atoms with Crippen LogP contribution in [0.2, 0.25) is 0 Å². The van der Waals surface area contributed by atoms with Crippen molar-refractivity contribution in [1.29, 1.82) is 0 Å². The zero-order chi connectivity index (χ0) is 24.2. The summed E-state index contributed by atoms with van der Waals surface area (Å²) in [5.74, 6) is -1.10. The zero-order valence-corrected chi connectivity index (χ0v) is 19.7. The van der Waals surface area contributed by atoms with Gasteiger partial charge >= 0.3 is 6.03 Å². The summed E-state index contributed by atoms with van der Waals surface area (Å²) in [4.78, 5) is 50.4. The van der Waals surface area contributed by atoms with Crippen LogP contribution in [0.3, 0.4) is 0 Å². The van der Waals surface area contributed by atoms with Gasteiger partial charge in [0.1, 0.15) is 16.9 Å². The number of carbonyl (C=O) groups is 3. The van der Waals surface area contributed by atoms with Gasteiger partial charge in [-0.1, -0.05) is 37.3 Å². The van der Waals surface area contributed by atoms with Crippen LogP contribution in [0.5, 0.6) is 0 Å². The highest BCUT2D eigenvalue weighted by Crippen LogP contribution is 2.34. The number of rotatable bonds is 7. The molecular formula is C24H26N6O3S. The van der Waals surface area contributed by atoms with Gasteiger partial charge in [0.05, 0.1) is 23.7 Å². The molecule has 1 aromatic carbocycles. The first-order valence-electron chi connectivity index (χ1n) is 11.0. The Morgan fingerprint density at radius 3 is 2.68 bits per heavy atom. The minimum atomic E-state index is -0.942. The SMILES string of the molecule is CCC(NC(=O)N1C(=O)[C@H](Cc2ccnc(N)c2)[C@H]1C(=O)N(C)c1cncs1)c1ccccc1. The van der Waals surface area contributed by atoms with Gasteiger partial charge in [-0.15, -0.1) is 11.3 Å². The molecule has 1 aliphatic heterocycles. The van der Waals surface area contributed by atoms with E-state index >= 15 is 0 Å². The van der Waals surface area contributed by atoms with Crippen LogP contribution in [-0.4, -0.2) is 45.8 Å². The number of aromatic nitrogens is 2. The second-order valence-corrected chi connectivity index (χ2v) is 8.98. The van der Waals surface area contributed by atoms with Crippen LogP contribution in [0.4, 0.5) is 15.6 Å². The van der Waals surface area contributed by atoms with Crippen molar-refractivity contribution in [2.24, 2.45) is 5.92 Å². The van der Waals surface area contributed by atoms with E-state index in [1.54, 1.807) is 37.1 Å². The fourth-order valence-corrected chi connectivity index (χ4v) is 4.74. The minimum Gasteiger partial charge on any atom is -0.384 e. The molecule has 0 aliphatic carbocycles. The monoisotopic (exact) mass is 478 g/mol. The molecule has 2 aromatic heterocycles. The normalized spacial score (nSPS) is 18.2. The fraction of sp³-hybridized carbons (Fsp3) is 0.292. The lowest BCUT2D eigenvalue weighted by Gasteiger charge is -2.45. The van der Waals surface area contributed by atoms with Crippen molar-refractivity contribution < 1.29 is 14.4 Å². The molecule has 4 amide bonds. The zero-order valence-electron chi connectivity index (χ0n) is 18.9. The standard InChI is InChI=1S/C24H26N6O3S/c1-3-18(16-7-5-4-6-8-16)28-24(33)30-21(23(32)29(2)20-13-26-14-34-20)17(22(30)31)11-15-9-10-27-19(25)12-15/h4-10,12-14,17-18,21H,3,11H2,1-2H3,(H2,25,27)(H,28,33)/t17-,18?,21+/m1/s1. The summed E-state index contributed by atoms with van der Waals surface area (Å²) in [7, 11) is 1.62. The minimum absolute atomic E-state index is 0.276. The second-order valence-electron chi connectivity index (χ2n) is 8.11. The van der Waals surface area contributed by atoms with Crippen molar-refractivity contribution in [3.05, 3.63) is 71.5 Å². The summed E-state index contributed by atoms with van der Waals surface area (Å²) < 4.78 is 0. The summed E-state index contributed by atoms with van der Waals surface area (Å²) in [6.07, 6.45) is 4.05. The third kappa shape index (κ3) is 4.62. The number of urea groups is 1. The number of nitrogens with zero attached hydrogens (tertiary/aromatic N) is 4. The number of thiazole rings is 1. The molecule has 9 nitrogen and oxygen atoms in total. The highest BCUT2D eigenvalue weighted by Gasteiger charge is 2.55. The Balaban J connectivity index is 1.58. The molecule has 0 spiro atoms. The van der Waals surface area contributed by atoms with Gasteiger partial charge in [0.2, 0.25) is 5.91 Å². The van der Waals surface area contributed by atoms with Crippen LogP contribution < -0.4 is 16.0 Å². The molecule has 10 heteroatoms. The van der Waals surface area contributed by atoms with Crippen LogP contribution >= 0.6 is 11.3 Å². The molecule has 1 fully saturated rings. The van der Waals surface area contributed by atoms with Crippen LogP contribution in [0.25, 0.3) is 0 Å². The Bertz CT molecular complexity index is 1170. The third-order valence-electron chi connectivity index (χ3n) is 5.98. The lowest BCUT2D eigenvalue weighted by Crippen LogP contribution is -2.70. The van der Waals surface area contributed by atoms with Crippen molar-refractivity contribution in [3.8, 4) is 0 Å². The first kappa shape index (κ1) is 23.4. The number of hydrogen-bond acceptors (Lipinski definition) is 7. The highest BCUT2D eigenvalue weighted by atomic mass is 32.1. The third-order valence-corrected chi connectivity index (χ3v) is 6.82. The number of benzene rings is 1. The average molecular weight is 479 g/mol. The van der Waals surface area contributed by atoms with Gasteiger partial charge in [-0.3, -0.25) is 19.5 Å². The summed E-state index contributed by atoms with van der Waals surface area (Å²) >= 11 is 1.31. The lowest BCUT2D eigenvalue weighted by molar-refractivity contribution is -0.156. The predicted molar refractivity (Wildman–Crippen MR) is 130 cm³/mol. The Labute approximate surface area is 201 Å².